The third-order valence-corrected chi connectivity index (χ3v) is 4.31. The molecule has 1 aliphatic heterocycles. The Morgan fingerprint density at radius 2 is 2.12 bits per heavy atom. The molecule has 0 aliphatic carbocycles. The maximum atomic E-state index is 12.6. The van der Waals surface area contributed by atoms with E-state index in [-0.39, 0.29) is 11.4 Å². The molecule has 0 unspecified atom stereocenters. The Morgan fingerprint density at radius 1 is 1.28 bits per heavy atom. The second-order valence-corrected chi connectivity index (χ2v) is 7.10. The lowest BCUT2D eigenvalue weighted by molar-refractivity contribution is -0.132. The molecule has 5 nitrogen and oxygen atoms in total. The molecule has 132 valence electrons. The van der Waals surface area contributed by atoms with Crippen LogP contribution in [0, 0.1) is 0 Å². The van der Waals surface area contributed by atoms with Crippen LogP contribution >= 0.6 is 0 Å². The van der Waals surface area contributed by atoms with Gasteiger partial charge in [-0.2, -0.15) is 0 Å². The van der Waals surface area contributed by atoms with Crippen LogP contribution < -0.4 is 10.1 Å². The van der Waals surface area contributed by atoms with E-state index in [4.69, 9.17) is 4.74 Å². The number of hydrogen-bond donors (Lipinski definition) is 1. The molecule has 1 aliphatic rings. The molecule has 1 N–H and O–H groups in total. The zero-order valence-corrected chi connectivity index (χ0v) is 14.9. The van der Waals surface area contributed by atoms with Crippen LogP contribution in [-0.2, 0) is 17.8 Å². The molecule has 0 radical (unpaired) electrons. The number of amides is 1. The van der Waals surface area contributed by atoms with Gasteiger partial charge in [-0.1, -0.05) is 18.2 Å². The average Bonchev–Trinajstić information content (AvgIpc) is 2.60. The van der Waals surface area contributed by atoms with Crippen LogP contribution in [0.2, 0.25) is 0 Å². The van der Waals surface area contributed by atoms with Gasteiger partial charge in [-0.15, -0.1) is 0 Å². The molecule has 2 aromatic rings. The summed E-state index contributed by atoms with van der Waals surface area (Å²) in [6, 6.07) is 11.6. The van der Waals surface area contributed by atoms with Crippen molar-refractivity contribution in [2.24, 2.45) is 0 Å². The Hall–Kier alpha value is -2.40. The molecule has 2 heterocycles. The number of aromatic nitrogens is 1. The highest BCUT2D eigenvalue weighted by atomic mass is 16.5. The lowest BCUT2D eigenvalue weighted by Crippen LogP contribution is -2.58. The normalized spacial score (nSPS) is 16.5. The van der Waals surface area contributed by atoms with E-state index in [1.807, 2.05) is 41.3 Å². The number of carbonyl (C=O) groups excluding carboxylic acids is 1. The number of hydrogen-bond acceptors (Lipinski definition) is 4. The van der Waals surface area contributed by atoms with Gasteiger partial charge in [-0.25, -0.2) is 0 Å². The maximum absolute atomic E-state index is 12.6. The maximum Gasteiger partial charge on any atom is 0.227 e. The van der Waals surface area contributed by atoms with Crippen LogP contribution in [0.4, 0.5) is 0 Å². The van der Waals surface area contributed by atoms with E-state index in [9.17, 15) is 4.79 Å². The summed E-state index contributed by atoms with van der Waals surface area (Å²) in [7, 11) is 0. The second-order valence-electron chi connectivity index (χ2n) is 7.10. The van der Waals surface area contributed by atoms with Crippen molar-refractivity contribution >= 4 is 5.91 Å². The predicted octanol–water partition coefficient (Wildman–Crippen LogP) is 2.41. The van der Waals surface area contributed by atoms with Crippen LogP contribution in [0.3, 0.4) is 0 Å². The van der Waals surface area contributed by atoms with Crippen molar-refractivity contribution in [3.63, 3.8) is 0 Å². The minimum atomic E-state index is -0.0252. The lowest BCUT2D eigenvalue weighted by Gasteiger charge is -2.39. The Morgan fingerprint density at radius 3 is 2.88 bits per heavy atom. The van der Waals surface area contributed by atoms with Gasteiger partial charge in [0.05, 0.1) is 6.42 Å². The number of rotatable bonds is 5. The number of ether oxygens (including phenoxy) is 1. The summed E-state index contributed by atoms with van der Waals surface area (Å²) in [5, 5.41) is 3.43. The number of benzene rings is 1. The Bertz CT molecular complexity index is 716. The number of carbonyl (C=O) groups is 1. The molecule has 1 fully saturated rings. The zero-order valence-electron chi connectivity index (χ0n) is 14.9. The standard InChI is InChI=1S/C20H25N3O2/c1-20(2)15-23(10-9-22-20)19(24)12-16-5-3-7-18(11-16)25-14-17-6-4-8-21-13-17/h3-8,11,13,22H,9-10,12,14-15H2,1-2H3. The topological polar surface area (TPSA) is 54.5 Å². The fraction of sp³-hybridized carbons (Fsp3) is 0.400. The minimum Gasteiger partial charge on any atom is -0.489 e. The van der Waals surface area contributed by atoms with Crippen molar-refractivity contribution in [3.05, 3.63) is 59.9 Å². The number of nitrogens with one attached hydrogen (secondary N) is 1. The van der Waals surface area contributed by atoms with E-state index in [1.165, 1.54) is 0 Å². The summed E-state index contributed by atoms with van der Waals surface area (Å²) in [5.74, 6) is 0.939. The van der Waals surface area contributed by atoms with Gasteiger partial charge < -0.3 is 15.0 Å². The van der Waals surface area contributed by atoms with Crippen molar-refractivity contribution in [2.45, 2.75) is 32.4 Å². The largest absolute Gasteiger partial charge is 0.489 e. The van der Waals surface area contributed by atoms with Gasteiger partial charge >= 0.3 is 0 Å². The van der Waals surface area contributed by atoms with Crippen molar-refractivity contribution in [2.75, 3.05) is 19.6 Å². The third-order valence-electron chi connectivity index (χ3n) is 4.31. The smallest absolute Gasteiger partial charge is 0.227 e. The van der Waals surface area contributed by atoms with E-state index in [0.29, 0.717) is 13.0 Å². The van der Waals surface area contributed by atoms with Crippen molar-refractivity contribution in [1.82, 2.24) is 15.2 Å². The Balaban J connectivity index is 1.58. The second kappa shape index (κ2) is 7.66. The van der Waals surface area contributed by atoms with Crippen LogP contribution in [0.15, 0.2) is 48.8 Å². The lowest BCUT2D eigenvalue weighted by atomic mass is 10.0. The van der Waals surface area contributed by atoms with Crippen LogP contribution in [0.25, 0.3) is 0 Å². The Labute approximate surface area is 149 Å². The monoisotopic (exact) mass is 339 g/mol. The third kappa shape index (κ3) is 5.03. The highest BCUT2D eigenvalue weighted by Gasteiger charge is 2.28. The first-order valence-corrected chi connectivity index (χ1v) is 8.65. The molecule has 25 heavy (non-hydrogen) atoms. The number of nitrogens with zero attached hydrogens (tertiary/aromatic N) is 2. The highest BCUT2D eigenvalue weighted by molar-refractivity contribution is 5.79. The minimum absolute atomic E-state index is 0.0252. The summed E-state index contributed by atoms with van der Waals surface area (Å²) < 4.78 is 5.82. The Kier molecular flexibility index (Phi) is 5.34. The molecule has 0 saturated carbocycles. The van der Waals surface area contributed by atoms with Gasteiger partial charge in [0.25, 0.3) is 0 Å². The van der Waals surface area contributed by atoms with E-state index in [0.717, 1.165) is 36.5 Å². The van der Waals surface area contributed by atoms with E-state index < -0.39 is 0 Å². The first kappa shape index (κ1) is 17.4. The molecule has 1 aromatic carbocycles. The molecule has 1 amide bonds. The average molecular weight is 339 g/mol. The van der Waals surface area contributed by atoms with Gasteiger partial charge in [-0.05, 0) is 37.6 Å². The summed E-state index contributed by atoms with van der Waals surface area (Å²) in [6.07, 6.45) is 3.94. The molecule has 5 heteroatoms. The van der Waals surface area contributed by atoms with E-state index in [1.54, 1.807) is 12.4 Å². The fourth-order valence-corrected chi connectivity index (χ4v) is 3.04. The van der Waals surface area contributed by atoms with Crippen LogP contribution in [0.1, 0.15) is 25.0 Å². The summed E-state index contributed by atoms with van der Waals surface area (Å²) in [6.45, 7) is 7.06. The van der Waals surface area contributed by atoms with Crippen LogP contribution in [0.5, 0.6) is 5.75 Å². The quantitative estimate of drug-likeness (QED) is 0.909. The van der Waals surface area contributed by atoms with Gasteiger partial charge in [0.2, 0.25) is 5.91 Å². The molecule has 0 atom stereocenters. The van der Waals surface area contributed by atoms with Crippen LogP contribution in [-0.4, -0.2) is 41.0 Å². The summed E-state index contributed by atoms with van der Waals surface area (Å²) in [5.41, 5.74) is 1.97. The van der Waals surface area contributed by atoms with Gasteiger partial charge in [-0.3, -0.25) is 9.78 Å². The van der Waals surface area contributed by atoms with Gasteiger partial charge in [0, 0.05) is 43.1 Å². The molecule has 1 saturated heterocycles. The van der Waals surface area contributed by atoms with Crippen molar-refractivity contribution < 1.29 is 9.53 Å². The molecular weight excluding hydrogens is 314 g/mol. The molecule has 0 bridgehead atoms. The molecule has 0 spiro atoms. The van der Waals surface area contributed by atoms with Gasteiger partial charge in [0.1, 0.15) is 12.4 Å². The van der Waals surface area contributed by atoms with E-state index >= 15 is 0 Å². The molecule has 3 rings (SSSR count). The predicted molar refractivity (Wildman–Crippen MR) is 97.4 cm³/mol. The van der Waals surface area contributed by atoms with Gasteiger partial charge in [0.15, 0.2) is 0 Å². The first-order valence-electron chi connectivity index (χ1n) is 8.65. The highest BCUT2D eigenvalue weighted by Crippen LogP contribution is 2.17. The zero-order chi connectivity index (χ0) is 17.7. The number of piperazine rings is 1. The summed E-state index contributed by atoms with van der Waals surface area (Å²) >= 11 is 0. The first-order chi connectivity index (χ1) is 12.0. The van der Waals surface area contributed by atoms with Crippen molar-refractivity contribution in [3.8, 4) is 5.75 Å². The SMILES string of the molecule is CC1(C)CN(C(=O)Cc2cccc(OCc3cccnc3)c2)CCN1. The fourth-order valence-electron chi connectivity index (χ4n) is 3.04. The summed E-state index contributed by atoms with van der Waals surface area (Å²) in [4.78, 5) is 18.6. The van der Waals surface area contributed by atoms with E-state index in [2.05, 4.69) is 24.1 Å². The number of pyridine rings is 1. The van der Waals surface area contributed by atoms with Crippen molar-refractivity contribution in [1.29, 1.82) is 0 Å². The molecular formula is C20H25N3O2. The molecule has 1 aromatic heterocycles.